The zero-order valence-electron chi connectivity index (χ0n) is 20.6. The summed E-state index contributed by atoms with van der Waals surface area (Å²) >= 11 is 10.0. The van der Waals surface area contributed by atoms with Crippen LogP contribution in [0.5, 0.6) is 0 Å². The van der Waals surface area contributed by atoms with E-state index in [0.29, 0.717) is 10.9 Å². The number of piperidine rings is 1. The average Bonchev–Trinajstić information content (AvgIpc) is 3.54. The Kier molecular flexibility index (Phi) is 6.91. The number of H-pyrrole nitrogens is 1. The second-order valence-electron chi connectivity index (χ2n) is 9.51. The van der Waals surface area contributed by atoms with Crippen molar-refractivity contribution in [1.82, 2.24) is 24.5 Å². The largest absolute Gasteiger partial charge is 0.370 e. The summed E-state index contributed by atoms with van der Waals surface area (Å²) in [6.45, 7) is 2.27. The van der Waals surface area contributed by atoms with E-state index < -0.39 is 0 Å². The van der Waals surface area contributed by atoms with Crippen molar-refractivity contribution in [3.05, 3.63) is 88.1 Å². The van der Waals surface area contributed by atoms with E-state index in [4.69, 9.17) is 16.6 Å². The minimum absolute atomic E-state index is 0.0586. The predicted molar refractivity (Wildman–Crippen MR) is 156 cm³/mol. The van der Waals surface area contributed by atoms with Gasteiger partial charge in [-0.2, -0.15) is 9.61 Å². The Bertz CT molecular complexity index is 1650. The number of anilines is 1. The first kappa shape index (κ1) is 24.7. The first-order chi connectivity index (χ1) is 18.6. The second-order valence-corrected chi connectivity index (χ2v) is 10.8. The summed E-state index contributed by atoms with van der Waals surface area (Å²) in [5, 5.41) is 9.84. The highest BCUT2D eigenvalue weighted by Gasteiger charge is 2.22. The van der Waals surface area contributed by atoms with Crippen LogP contribution >= 0.6 is 27.5 Å². The molecular formula is C29H26BrClN6O. The number of aromatic nitrogens is 4. The third-order valence-corrected chi connectivity index (χ3v) is 7.99. The Labute approximate surface area is 233 Å². The maximum absolute atomic E-state index is 12.8. The molecule has 9 heteroatoms. The van der Waals surface area contributed by atoms with Gasteiger partial charge in [-0.25, -0.2) is 4.98 Å². The Morgan fingerprint density at radius 3 is 2.79 bits per heavy atom. The van der Waals surface area contributed by atoms with Gasteiger partial charge >= 0.3 is 0 Å². The van der Waals surface area contributed by atoms with Gasteiger partial charge in [0.15, 0.2) is 5.65 Å². The van der Waals surface area contributed by atoms with Gasteiger partial charge in [-0.05, 0) is 58.5 Å². The van der Waals surface area contributed by atoms with Crippen molar-refractivity contribution in [2.24, 2.45) is 5.92 Å². The summed E-state index contributed by atoms with van der Waals surface area (Å²) in [6.07, 6.45) is 9.16. The van der Waals surface area contributed by atoms with Crippen LogP contribution in [0.15, 0.2) is 77.5 Å². The molecule has 1 amide bonds. The number of rotatable bonds is 6. The van der Waals surface area contributed by atoms with Gasteiger partial charge in [-0.15, -0.1) is 0 Å². The van der Waals surface area contributed by atoms with Gasteiger partial charge in [-0.3, -0.25) is 4.79 Å². The number of carbonyl (C=O) groups excluding carboxylic acids is 1. The fourth-order valence-corrected chi connectivity index (χ4v) is 5.55. The summed E-state index contributed by atoms with van der Waals surface area (Å²) in [7, 11) is 0. The van der Waals surface area contributed by atoms with E-state index in [1.54, 1.807) is 16.8 Å². The zero-order valence-corrected chi connectivity index (χ0v) is 22.9. The van der Waals surface area contributed by atoms with E-state index in [0.717, 1.165) is 76.1 Å². The zero-order chi connectivity index (χ0) is 26.1. The van der Waals surface area contributed by atoms with Crippen molar-refractivity contribution in [3.63, 3.8) is 0 Å². The van der Waals surface area contributed by atoms with Crippen LogP contribution in [-0.2, 0) is 4.79 Å². The number of para-hydroxylation sites is 1. The lowest BCUT2D eigenvalue weighted by atomic mass is 9.96. The topological polar surface area (TPSA) is 78.3 Å². The highest BCUT2D eigenvalue weighted by atomic mass is 79.9. The quantitative estimate of drug-likeness (QED) is 0.217. The van der Waals surface area contributed by atoms with E-state index >= 15 is 0 Å². The molecule has 1 aliphatic rings. The smallest absolute Gasteiger partial charge is 0.246 e. The number of hydrogen-bond donors (Lipinski definition) is 2. The van der Waals surface area contributed by atoms with E-state index in [-0.39, 0.29) is 5.91 Å². The third kappa shape index (κ3) is 4.93. The number of aromatic amines is 1. The van der Waals surface area contributed by atoms with E-state index in [1.807, 2.05) is 65.7 Å². The van der Waals surface area contributed by atoms with Crippen LogP contribution in [0.2, 0.25) is 5.02 Å². The van der Waals surface area contributed by atoms with Crippen molar-refractivity contribution in [2.75, 3.05) is 25.0 Å². The molecule has 0 saturated carbocycles. The Morgan fingerprint density at radius 2 is 1.95 bits per heavy atom. The molecule has 2 aromatic carbocycles. The van der Waals surface area contributed by atoms with Crippen molar-refractivity contribution in [3.8, 4) is 11.3 Å². The molecule has 1 fully saturated rings. The lowest BCUT2D eigenvalue weighted by Crippen LogP contribution is -2.39. The molecule has 0 aliphatic carbocycles. The SMILES string of the molecule is O=C(/C=C/c1c[nH]c2ccccc12)N1CCC(CNc2cc(-c3ccccc3Cl)nc3c(Br)cnn23)CC1. The minimum Gasteiger partial charge on any atom is -0.370 e. The van der Waals surface area contributed by atoms with Gasteiger partial charge in [0.25, 0.3) is 0 Å². The fourth-order valence-electron chi connectivity index (χ4n) is 4.97. The molecule has 4 heterocycles. The van der Waals surface area contributed by atoms with Crippen LogP contribution in [0.1, 0.15) is 18.4 Å². The van der Waals surface area contributed by atoms with Crippen LogP contribution in [0.3, 0.4) is 0 Å². The molecule has 2 N–H and O–H groups in total. The van der Waals surface area contributed by atoms with Gasteiger partial charge in [0.2, 0.25) is 5.91 Å². The van der Waals surface area contributed by atoms with Gasteiger partial charge in [0.1, 0.15) is 5.82 Å². The van der Waals surface area contributed by atoms with Crippen LogP contribution in [0.4, 0.5) is 5.82 Å². The number of fused-ring (bicyclic) bond motifs is 2. The highest BCUT2D eigenvalue weighted by molar-refractivity contribution is 9.10. The number of hydrogen-bond acceptors (Lipinski definition) is 4. The Morgan fingerprint density at radius 1 is 1.16 bits per heavy atom. The molecule has 0 spiro atoms. The first-order valence-corrected chi connectivity index (χ1v) is 13.8. The Balaban J connectivity index is 1.10. The fraction of sp³-hybridized carbons (Fsp3) is 0.207. The highest BCUT2D eigenvalue weighted by Crippen LogP contribution is 2.30. The minimum atomic E-state index is 0.0586. The van der Waals surface area contributed by atoms with Gasteiger partial charge < -0.3 is 15.2 Å². The molecule has 0 unspecified atom stereocenters. The molecule has 6 rings (SSSR count). The van der Waals surface area contributed by atoms with Crippen LogP contribution < -0.4 is 5.32 Å². The number of carbonyl (C=O) groups is 1. The molecule has 7 nitrogen and oxygen atoms in total. The summed E-state index contributed by atoms with van der Waals surface area (Å²) < 4.78 is 2.63. The van der Waals surface area contributed by atoms with E-state index in [1.165, 1.54) is 0 Å². The molecule has 192 valence electrons. The molecule has 0 radical (unpaired) electrons. The van der Waals surface area contributed by atoms with Crippen LogP contribution in [-0.4, -0.2) is 50.0 Å². The average molecular weight is 590 g/mol. The number of benzene rings is 2. The normalized spacial score (nSPS) is 14.6. The van der Waals surface area contributed by atoms with Gasteiger partial charge in [0.05, 0.1) is 16.4 Å². The van der Waals surface area contributed by atoms with Crippen LogP contribution in [0, 0.1) is 5.92 Å². The summed E-state index contributed by atoms with van der Waals surface area (Å²) in [4.78, 5) is 22.8. The van der Waals surface area contributed by atoms with E-state index in [9.17, 15) is 4.79 Å². The van der Waals surface area contributed by atoms with E-state index in [2.05, 4.69) is 37.4 Å². The second kappa shape index (κ2) is 10.6. The maximum Gasteiger partial charge on any atom is 0.246 e. The van der Waals surface area contributed by atoms with Gasteiger partial charge in [0, 0.05) is 59.5 Å². The van der Waals surface area contributed by atoms with Crippen LogP contribution in [0.25, 0.3) is 33.9 Å². The van der Waals surface area contributed by atoms with Crippen molar-refractivity contribution >= 4 is 61.9 Å². The molecule has 1 aliphatic heterocycles. The lowest BCUT2D eigenvalue weighted by Gasteiger charge is -2.31. The van der Waals surface area contributed by atoms with Crippen molar-refractivity contribution in [2.45, 2.75) is 12.8 Å². The monoisotopic (exact) mass is 588 g/mol. The molecule has 0 bridgehead atoms. The van der Waals surface area contributed by atoms with Gasteiger partial charge in [-0.1, -0.05) is 48.0 Å². The molecule has 38 heavy (non-hydrogen) atoms. The molecular weight excluding hydrogens is 564 g/mol. The molecule has 3 aromatic heterocycles. The molecule has 5 aromatic rings. The lowest BCUT2D eigenvalue weighted by molar-refractivity contribution is -0.127. The van der Waals surface area contributed by atoms with Crippen molar-refractivity contribution in [1.29, 1.82) is 0 Å². The predicted octanol–water partition coefficient (Wildman–Crippen LogP) is 6.66. The summed E-state index contributed by atoms with van der Waals surface area (Å²) in [6, 6.07) is 17.8. The standard InChI is InChI=1S/C29H26BrClN6O/c30-23-18-34-37-27(15-26(35-29(23)37)22-6-1-3-7-24(22)31)33-16-19-11-13-36(14-12-19)28(38)10-9-20-17-32-25-8-4-2-5-21(20)25/h1-10,15,17-19,32-33H,11-14,16H2/b10-9+. The maximum atomic E-state index is 12.8. The number of halogens is 2. The summed E-state index contributed by atoms with van der Waals surface area (Å²) in [5.74, 6) is 1.36. The molecule has 1 saturated heterocycles. The number of nitrogens with zero attached hydrogens (tertiary/aromatic N) is 4. The summed E-state index contributed by atoms with van der Waals surface area (Å²) in [5.41, 5.74) is 4.49. The first-order valence-electron chi connectivity index (χ1n) is 12.6. The number of likely N-dealkylation sites (tertiary alicyclic amines) is 1. The Hall–Kier alpha value is -3.62. The van der Waals surface area contributed by atoms with Crippen molar-refractivity contribution < 1.29 is 4.79 Å². The number of nitrogens with one attached hydrogen (secondary N) is 2. The molecule has 0 atom stereocenters. The third-order valence-electron chi connectivity index (χ3n) is 7.10. The number of amides is 1.